The number of nitrogens with zero attached hydrogens (tertiary/aromatic N) is 4. The number of unbranched alkanes of at least 4 members (excludes halogenated alkanes) is 1. The summed E-state index contributed by atoms with van der Waals surface area (Å²) in [7, 11) is 1.88. The molecule has 0 radical (unpaired) electrons. The molecule has 2 aromatic rings. The molecule has 1 aromatic carbocycles. The van der Waals surface area contributed by atoms with E-state index in [0.29, 0.717) is 17.9 Å². The normalized spacial score (nSPS) is 22.5. The molecule has 1 amide bonds. The van der Waals surface area contributed by atoms with Crippen molar-refractivity contribution in [1.29, 1.82) is 5.26 Å². The second-order valence-electron chi connectivity index (χ2n) is 7.94. The Labute approximate surface area is 171 Å². The number of carbonyl (C=O) groups is 1. The molecule has 0 spiro atoms. The third-order valence-corrected chi connectivity index (χ3v) is 5.98. The molecule has 2 aliphatic heterocycles. The summed E-state index contributed by atoms with van der Waals surface area (Å²) < 4.78 is 7.77. The second-order valence-corrected chi connectivity index (χ2v) is 7.94. The summed E-state index contributed by atoms with van der Waals surface area (Å²) in [5.41, 5.74) is 2.47. The van der Waals surface area contributed by atoms with E-state index < -0.39 is 0 Å². The number of aryl methyl sites for hydroxylation is 1. The maximum atomic E-state index is 12.9. The minimum atomic E-state index is -0.112. The standard InChI is InChI=1S/C22H27N5O2/c1-3-4-9-29-21-10-15(5-7-18(21)16-12-24-26(2)13-16)22(28)25-19-11-17-6-8-20(19)27(17)14-23/h5,7,10,12-13,17,19-20H,3-4,6,8-9,11H2,1-2H3,(H,25,28)/t17-,19+,20+/m0/s1. The highest BCUT2D eigenvalue weighted by Gasteiger charge is 2.46. The van der Waals surface area contributed by atoms with Crippen molar-refractivity contribution in [3.8, 4) is 23.1 Å². The molecule has 3 heterocycles. The Hall–Kier alpha value is -3.01. The second kappa shape index (κ2) is 8.16. The predicted molar refractivity (Wildman–Crippen MR) is 109 cm³/mol. The van der Waals surface area contributed by atoms with Crippen molar-refractivity contribution in [3.63, 3.8) is 0 Å². The fourth-order valence-electron chi connectivity index (χ4n) is 4.46. The molecule has 2 saturated heterocycles. The number of rotatable bonds is 7. The van der Waals surface area contributed by atoms with E-state index in [-0.39, 0.29) is 24.0 Å². The number of nitrogens with one attached hydrogen (secondary N) is 1. The molecule has 2 fully saturated rings. The topological polar surface area (TPSA) is 83.2 Å². The molecule has 7 heteroatoms. The molecule has 0 unspecified atom stereocenters. The number of carbonyl (C=O) groups excluding carboxylic acids is 1. The number of nitriles is 1. The molecule has 3 atom stereocenters. The molecule has 0 saturated carbocycles. The first-order valence-electron chi connectivity index (χ1n) is 10.4. The third kappa shape index (κ3) is 3.80. The zero-order chi connectivity index (χ0) is 20.4. The number of ether oxygens (including phenoxy) is 1. The van der Waals surface area contributed by atoms with Crippen molar-refractivity contribution in [2.75, 3.05) is 6.61 Å². The summed E-state index contributed by atoms with van der Waals surface area (Å²) in [4.78, 5) is 14.8. The average Bonchev–Trinajstić information content (AvgIpc) is 3.42. The van der Waals surface area contributed by atoms with E-state index in [2.05, 4.69) is 23.5 Å². The lowest BCUT2D eigenvalue weighted by Crippen LogP contribution is -2.43. The van der Waals surface area contributed by atoms with Crippen LogP contribution in [0.1, 0.15) is 49.4 Å². The summed E-state index contributed by atoms with van der Waals surface area (Å²) in [6.45, 7) is 2.73. The van der Waals surface area contributed by atoms with Crippen LogP contribution in [0, 0.1) is 11.5 Å². The van der Waals surface area contributed by atoms with Crippen LogP contribution >= 0.6 is 0 Å². The van der Waals surface area contributed by atoms with Crippen molar-refractivity contribution < 1.29 is 9.53 Å². The fraction of sp³-hybridized carbons (Fsp3) is 0.500. The summed E-state index contributed by atoms with van der Waals surface area (Å²) >= 11 is 0. The van der Waals surface area contributed by atoms with Gasteiger partial charge in [-0.1, -0.05) is 13.3 Å². The monoisotopic (exact) mass is 393 g/mol. The van der Waals surface area contributed by atoms with Crippen LogP contribution in [0.4, 0.5) is 0 Å². The maximum Gasteiger partial charge on any atom is 0.251 e. The first-order chi connectivity index (χ1) is 14.1. The molecule has 1 N–H and O–H groups in total. The van der Waals surface area contributed by atoms with Crippen LogP contribution in [-0.4, -0.2) is 45.3 Å². The Morgan fingerprint density at radius 3 is 2.97 bits per heavy atom. The minimum Gasteiger partial charge on any atom is -0.493 e. The Morgan fingerprint density at radius 2 is 2.28 bits per heavy atom. The van der Waals surface area contributed by atoms with Gasteiger partial charge in [-0.3, -0.25) is 9.48 Å². The van der Waals surface area contributed by atoms with Crippen LogP contribution < -0.4 is 10.1 Å². The van der Waals surface area contributed by atoms with Gasteiger partial charge in [0.05, 0.1) is 24.9 Å². The number of benzene rings is 1. The highest BCUT2D eigenvalue weighted by molar-refractivity contribution is 5.95. The van der Waals surface area contributed by atoms with Gasteiger partial charge in [-0.05, 0) is 43.9 Å². The van der Waals surface area contributed by atoms with E-state index in [1.807, 2.05) is 36.3 Å². The van der Waals surface area contributed by atoms with Gasteiger partial charge in [0.2, 0.25) is 0 Å². The first kappa shape index (κ1) is 19.3. The van der Waals surface area contributed by atoms with Crippen LogP contribution in [0.15, 0.2) is 30.6 Å². The third-order valence-electron chi connectivity index (χ3n) is 5.98. The van der Waals surface area contributed by atoms with Crippen LogP contribution in [0.3, 0.4) is 0 Å². The molecule has 7 nitrogen and oxygen atoms in total. The van der Waals surface area contributed by atoms with Crippen molar-refractivity contribution >= 4 is 5.91 Å². The van der Waals surface area contributed by atoms with E-state index in [1.165, 1.54) is 0 Å². The van der Waals surface area contributed by atoms with Crippen molar-refractivity contribution in [2.45, 2.75) is 57.2 Å². The van der Waals surface area contributed by atoms with Gasteiger partial charge in [0.1, 0.15) is 5.75 Å². The lowest BCUT2D eigenvalue weighted by molar-refractivity contribution is 0.0928. The van der Waals surface area contributed by atoms with Gasteiger partial charge in [0.15, 0.2) is 6.19 Å². The number of hydrogen-bond donors (Lipinski definition) is 1. The summed E-state index contributed by atoms with van der Waals surface area (Å²) in [6.07, 6.45) is 10.9. The molecule has 29 heavy (non-hydrogen) atoms. The van der Waals surface area contributed by atoms with Gasteiger partial charge < -0.3 is 15.0 Å². The van der Waals surface area contributed by atoms with Crippen LogP contribution in [-0.2, 0) is 7.05 Å². The smallest absolute Gasteiger partial charge is 0.251 e. The number of aromatic nitrogens is 2. The van der Waals surface area contributed by atoms with Gasteiger partial charge in [-0.15, -0.1) is 0 Å². The van der Waals surface area contributed by atoms with Crippen LogP contribution in [0.5, 0.6) is 5.75 Å². The highest BCUT2D eigenvalue weighted by atomic mass is 16.5. The van der Waals surface area contributed by atoms with Gasteiger partial charge in [0.25, 0.3) is 5.91 Å². The van der Waals surface area contributed by atoms with E-state index in [4.69, 9.17) is 4.74 Å². The van der Waals surface area contributed by atoms with E-state index >= 15 is 0 Å². The minimum absolute atomic E-state index is 0.0309. The molecule has 4 rings (SSSR count). The quantitative estimate of drug-likeness (QED) is 0.577. The molecule has 0 aliphatic carbocycles. The van der Waals surface area contributed by atoms with Gasteiger partial charge in [-0.25, -0.2) is 0 Å². The molecular weight excluding hydrogens is 366 g/mol. The van der Waals surface area contributed by atoms with E-state index in [9.17, 15) is 10.1 Å². The molecule has 2 aliphatic rings. The zero-order valence-corrected chi connectivity index (χ0v) is 17.0. The fourth-order valence-corrected chi connectivity index (χ4v) is 4.46. The summed E-state index contributed by atoms with van der Waals surface area (Å²) in [6, 6.07) is 6.01. The van der Waals surface area contributed by atoms with Gasteiger partial charge >= 0.3 is 0 Å². The lowest BCUT2D eigenvalue weighted by atomic mass is 9.95. The molecular formula is C22H27N5O2. The van der Waals surface area contributed by atoms with E-state index in [1.54, 1.807) is 10.9 Å². The number of amides is 1. The van der Waals surface area contributed by atoms with Crippen LogP contribution in [0.2, 0.25) is 0 Å². The first-order valence-corrected chi connectivity index (χ1v) is 10.4. The Balaban J connectivity index is 1.53. The largest absolute Gasteiger partial charge is 0.493 e. The number of fused-ring (bicyclic) bond motifs is 2. The van der Waals surface area contributed by atoms with Gasteiger partial charge in [0, 0.05) is 36.0 Å². The Bertz CT molecular complexity index is 932. The highest BCUT2D eigenvalue weighted by Crippen LogP contribution is 2.37. The van der Waals surface area contributed by atoms with Crippen LogP contribution in [0.25, 0.3) is 11.1 Å². The number of hydrogen-bond acceptors (Lipinski definition) is 5. The lowest BCUT2D eigenvalue weighted by Gasteiger charge is -2.22. The Kier molecular flexibility index (Phi) is 5.43. The van der Waals surface area contributed by atoms with Crippen molar-refractivity contribution in [3.05, 3.63) is 36.2 Å². The van der Waals surface area contributed by atoms with Crippen molar-refractivity contribution in [2.24, 2.45) is 7.05 Å². The zero-order valence-electron chi connectivity index (χ0n) is 17.0. The van der Waals surface area contributed by atoms with Crippen molar-refractivity contribution in [1.82, 2.24) is 20.0 Å². The SMILES string of the molecule is CCCCOc1cc(C(=O)N[C@@H]2C[C@@H]3CC[C@H]2N3C#N)ccc1-c1cnn(C)c1. The average molecular weight is 393 g/mol. The summed E-state index contributed by atoms with van der Waals surface area (Å²) in [5, 5.41) is 16.7. The Morgan fingerprint density at radius 1 is 1.41 bits per heavy atom. The summed E-state index contributed by atoms with van der Waals surface area (Å²) in [5.74, 6) is 0.587. The van der Waals surface area contributed by atoms with Gasteiger partial charge in [-0.2, -0.15) is 10.4 Å². The van der Waals surface area contributed by atoms with E-state index in [0.717, 1.165) is 43.2 Å². The molecule has 2 bridgehead atoms. The molecule has 152 valence electrons. The maximum absolute atomic E-state index is 12.9. The molecule has 1 aromatic heterocycles. The predicted octanol–water partition coefficient (Wildman–Crippen LogP) is 3.08.